The number of carbonyl (C=O) groups is 1. The first-order valence-corrected chi connectivity index (χ1v) is 7.00. The number of amides is 1. The van der Waals surface area contributed by atoms with Gasteiger partial charge >= 0.3 is 0 Å². The highest BCUT2D eigenvalue weighted by molar-refractivity contribution is 9.09. The van der Waals surface area contributed by atoms with E-state index in [9.17, 15) is 9.18 Å². The molecule has 0 aliphatic carbocycles. The molecule has 1 heterocycles. The van der Waals surface area contributed by atoms with Gasteiger partial charge in [-0.1, -0.05) is 28.1 Å². The number of nitrogens with one attached hydrogen (secondary N) is 1. The molecular formula is C13H15BrFNO2. The van der Waals surface area contributed by atoms with Crippen molar-refractivity contribution in [2.24, 2.45) is 0 Å². The second-order valence-corrected chi connectivity index (χ2v) is 5.02. The number of benzene rings is 1. The van der Waals surface area contributed by atoms with Crippen molar-refractivity contribution >= 4 is 21.8 Å². The van der Waals surface area contributed by atoms with Crippen LogP contribution in [0.5, 0.6) is 0 Å². The number of alkyl halides is 1. The second-order valence-electron chi connectivity index (χ2n) is 4.46. The quantitative estimate of drug-likeness (QED) is 0.870. The van der Waals surface area contributed by atoms with Crippen molar-refractivity contribution in [3.63, 3.8) is 0 Å². The number of halogens is 2. The van der Waals surface area contributed by atoms with E-state index in [0.717, 1.165) is 12.8 Å². The van der Waals surface area contributed by atoms with Crippen LogP contribution in [0.25, 0.3) is 0 Å². The molecule has 0 saturated carbocycles. The van der Waals surface area contributed by atoms with Crippen LogP contribution in [0.2, 0.25) is 0 Å². The molecule has 1 aromatic carbocycles. The summed E-state index contributed by atoms with van der Waals surface area (Å²) in [5.41, 5.74) is -0.248. The molecule has 0 unspecified atom stereocenters. The van der Waals surface area contributed by atoms with E-state index in [0.29, 0.717) is 18.5 Å². The zero-order valence-corrected chi connectivity index (χ0v) is 11.5. The van der Waals surface area contributed by atoms with Crippen molar-refractivity contribution < 1.29 is 13.9 Å². The van der Waals surface area contributed by atoms with Crippen LogP contribution in [0.1, 0.15) is 23.2 Å². The minimum absolute atomic E-state index is 0.0873. The Morgan fingerprint density at radius 2 is 2.06 bits per heavy atom. The van der Waals surface area contributed by atoms with Crippen LogP contribution < -0.4 is 5.32 Å². The maximum Gasteiger partial charge on any atom is 0.254 e. The minimum Gasteiger partial charge on any atom is -0.381 e. The van der Waals surface area contributed by atoms with Crippen LogP contribution in [-0.2, 0) is 4.74 Å². The molecule has 1 fully saturated rings. The van der Waals surface area contributed by atoms with Gasteiger partial charge in [-0.25, -0.2) is 4.39 Å². The van der Waals surface area contributed by atoms with Gasteiger partial charge in [0, 0.05) is 18.5 Å². The van der Waals surface area contributed by atoms with Gasteiger partial charge in [-0.2, -0.15) is 0 Å². The van der Waals surface area contributed by atoms with E-state index in [1.165, 1.54) is 12.1 Å². The van der Waals surface area contributed by atoms with Crippen molar-refractivity contribution in [2.75, 3.05) is 18.5 Å². The van der Waals surface area contributed by atoms with Gasteiger partial charge in [0.25, 0.3) is 5.91 Å². The summed E-state index contributed by atoms with van der Waals surface area (Å²) in [6, 6.07) is 6.01. The molecule has 5 heteroatoms. The van der Waals surface area contributed by atoms with E-state index < -0.39 is 5.82 Å². The predicted octanol–water partition coefficient (Wildman–Crippen LogP) is 2.50. The normalized spacial score (nSPS) is 18.3. The third-order valence-electron chi connectivity index (χ3n) is 3.20. The fourth-order valence-corrected chi connectivity index (χ4v) is 2.71. The maximum atomic E-state index is 13.5. The zero-order valence-electron chi connectivity index (χ0n) is 9.92. The van der Waals surface area contributed by atoms with E-state index in [1.807, 2.05) is 0 Å². The van der Waals surface area contributed by atoms with E-state index in [2.05, 4.69) is 21.2 Å². The summed E-state index contributed by atoms with van der Waals surface area (Å²) in [5.74, 6) is -0.860. The standard InChI is InChI=1S/C13H15BrFNO2/c14-9-13(5-7-18-8-6-13)16-12(17)10-3-1-2-4-11(10)15/h1-4H,5-9H2,(H,16,17). The predicted molar refractivity (Wildman–Crippen MR) is 70.4 cm³/mol. The Kier molecular flexibility index (Phi) is 4.35. The smallest absolute Gasteiger partial charge is 0.254 e. The van der Waals surface area contributed by atoms with Crippen molar-refractivity contribution in [3.05, 3.63) is 35.6 Å². The molecule has 0 radical (unpaired) electrons. The lowest BCUT2D eigenvalue weighted by Gasteiger charge is -2.36. The van der Waals surface area contributed by atoms with Gasteiger partial charge in [-0.05, 0) is 25.0 Å². The third kappa shape index (κ3) is 2.90. The average Bonchev–Trinajstić information content (AvgIpc) is 2.40. The minimum atomic E-state index is -0.494. The Morgan fingerprint density at radius 3 is 2.67 bits per heavy atom. The lowest BCUT2D eigenvalue weighted by atomic mass is 9.92. The van der Waals surface area contributed by atoms with Gasteiger partial charge in [0.2, 0.25) is 0 Å². The molecular weight excluding hydrogens is 301 g/mol. The van der Waals surface area contributed by atoms with Crippen LogP contribution in [0, 0.1) is 5.82 Å². The number of ether oxygens (including phenoxy) is 1. The summed E-state index contributed by atoms with van der Waals surface area (Å²) in [7, 11) is 0. The Hall–Kier alpha value is -0.940. The molecule has 18 heavy (non-hydrogen) atoms. The van der Waals surface area contributed by atoms with Gasteiger partial charge in [0.1, 0.15) is 5.82 Å². The molecule has 0 atom stereocenters. The first-order chi connectivity index (χ1) is 8.67. The monoisotopic (exact) mass is 315 g/mol. The molecule has 0 spiro atoms. The molecule has 1 aliphatic rings. The first-order valence-electron chi connectivity index (χ1n) is 5.88. The van der Waals surface area contributed by atoms with E-state index in [4.69, 9.17) is 4.74 Å². The summed E-state index contributed by atoms with van der Waals surface area (Å²) in [6.45, 7) is 1.23. The highest BCUT2D eigenvalue weighted by atomic mass is 79.9. The van der Waals surface area contributed by atoms with Crippen molar-refractivity contribution in [2.45, 2.75) is 18.4 Å². The van der Waals surface area contributed by atoms with Crippen LogP contribution in [-0.4, -0.2) is 30.0 Å². The highest BCUT2D eigenvalue weighted by Crippen LogP contribution is 2.23. The zero-order chi connectivity index (χ0) is 13.0. The fourth-order valence-electron chi connectivity index (χ4n) is 2.01. The Balaban J connectivity index is 2.13. The van der Waals surface area contributed by atoms with Crippen molar-refractivity contribution in [3.8, 4) is 0 Å². The van der Waals surface area contributed by atoms with Gasteiger partial charge in [-0.3, -0.25) is 4.79 Å². The number of carbonyl (C=O) groups excluding carboxylic acids is 1. The number of rotatable bonds is 3. The van der Waals surface area contributed by atoms with E-state index >= 15 is 0 Å². The van der Waals surface area contributed by atoms with Crippen LogP contribution in [0.3, 0.4) is 0 Å². The molecule has 98 valence electrons. The lowest BCUT2D eigenvalue weighted by Crippen LogP contribution is -2.53. The van der Waals surface area contributed by atoms with Gasteiger partial charge in [0.05, 0.1) is 11.1 Å². The van der Waals surface area contributed by atoms with Crippen molar-refractivity contribution in [1.29, 1.82) is 0 Å². The molecule has 2 rings (SSSR count). The largest absolute Gasteiger partial charge is 0.381 e. The molecule has 1 amide bonds. The summed E-state index contributed by atoms with van der Waals surface area (Å²) < 4.78 is 18.8. The first kappa shape index (κ1) is 13.5. The summed E-state index contributed by atoms with van der Waals surface area (Å²) in [5, 5.41) is 3.58. The van der Waals surface area contributed by atoms with Gasteiger partial charge < -0.3 is 10.1 Å². The Morgan fingerprint density at radius 1 is 1.39 bits per heavy atom. The number of hydrogen-bond donors (Lipinski definition) is 1. The molecule has 0 aromatic heterocycles. The van der Waals surface area contributed by atoms with Gasteiger partial charge in [0.15, 0.2) is 0 Å². The summed E-state index contributed by atoms with van der Waals surface area (Å²) in [4.78, 5) is 12.1. The molecule has 1 saturated heterocycles. The lowest BCUT2D eigenvalue weighted by molar-refractivity contribution is 0.0441. The van der Waals surface area contributed by atoms with E-state index in [-0.39, 0.29) is 17.0 Å². The second kappa shape index (κ2) is 5.80. The highest BCUT2D eigenvalue weighted by Gasteiger charge is 2.33. The fraction of sp³-hybridized carbons (Fsp3) is 0.462. The molecule has 1 aromatic rings. The Bertz CT molecular complexity index is 433. The summed E-state index contributed by atoms with van der Waals surface area (Å²) >= 11 is 3.42. The van der Waals surface area contributed by atoms with Gasteiger partial charge in [-0.15, -0.1) is 0 Å². The topological polar surface area (TPSA) is 38.3 Å². The molecule has 0 bridgehead atoms. The third-order valence-corrected chi connectivity index (χ3v) is 4.28. The van der Waals surface area contributed by atoms with Crippen LogP contribution in [0.4, 0.5) is 4.39 Å². The molecule has 1 aliphatic heterocycles. The SMILES string of the molecule is O=C(NC1(CBr)CCOCC1)c1ccccc1F. The Labute approximate surface area is 114 Å². The molecule has 3 nitrogen and oxygen atoms in total. The maximum absolute atomic E-state index is 13.5. The van der Waals surface area contributed by atoms with Crippen molar-refractivity contribution in [1.82, 2.24) is 5.32 Å². The molecule has 1 N–H and O–H groups in total. The van der Waals surface area contributed by atoms with Crippen LogP contribution in [0.15, 0.2) is 24.3 Å². The average molecular weight is 316 g/mol. The number of hydrogen-bond acceptors (Lipinski definition) is 2. The summed E-state index contributed by atoms with van der Waals surface area (Å²) in [6.07, 6.45) is 1.47. The van der Waals surface area contributed by atoms with E-state index in [1.54, 1.807) is 12.1 Å². The van der Waals surface area contributed by atoms with Crippen LogP contribution >= 0.6 is 15.9 Å².